The summed E-state index contributed by atoms with van der Waals surface area (Å²) in [6.45, 7) is 2.50. The summed E-state index contributed by atoms with van der Waals surface area (Å²) < 4.78 is 5.18. The summed E-state index contributed by atoms with van der Waals surface area (Å²) in [5.74, 6) is 0.671. The van der Waals surface area contributed by atoms with Crippen molar-refractivity contribution in [2.45, 2.75) is 13.5 Å². The van der Waals surface area contributed by atoms with E-state index in [1.807, 2.05) is 49.4 Å². The zero-order valence-corrected chi connectivity index (χ0v) is 12.6. The molecule has 4 nitrogen and oxygen atoms in total. The molecule has 0 bridgehead atoms. The maximum absolute atomic E-state index is 12.3. The molecular weight excluding hydrogens is 276 g/mol. The van der Waals surface area contributed by atoms with Crippen molar-refractivity contribution in [1.29, 1.82) is 0 Å². The Labute approximate surface area is 129 Å². The quantitative estimate of drug-likeness (QED) is 0.774. The first-order valence-electron chi connectivity index (χ1n) is 7.16. The van der Waals surface area contributed by atoms with Crippen LogP contribution < -0.4 is 10.1 Å². The third-order valence-corrected chi connectivity index (χ3v) is 3.61. The van der Waals surface area contributed by atoms with Gasteiger partial charge in [0.1, 0.15) is 11.4 Å². The molecular formula is C18H18N2O2. The maximum Gasteiger partial charge on any atom is 0.267 e. The van der Waals surface area contributed by atoms with E-state index in [1.54, 1.807) is 7.11 Å². The summed E-state index contributed by atoms with van der Waals surface area (Å²) in [5, 5.41) is 3.96. The summed E-state index contributed by atoms with van der Waals surface area (Å²) >= 11 is 0. The van der Waals surface area contributed by atoms with Crippen LogP contribution in [0.4, 0.5) is 0 Å². The number of ether oxygens (including phenoxy) is 1. The summed E-state index contributed by atoms with van der Waals surface area (Å²) in [7, 11) is 1.63. The molecule has 112 valence electrons. The summed E-state index contributed by atoms with van der Waals surface area (Å²) in [6, 6.07) is 15.6. The number of aromatic nitrogens is 1. The normalized spacial score (nSPS) is 10.6. The van der Waals surface area contributed by atoms with E-state index in [9.17, 15) is 4.79 Å². The molecule has 0 fully saturated rings. The van der Waals surface area contributed by atoms with Gasteiger partial charge in [0.25, 0.3) is 5.91 Å². The van der Waals surface area contributed by atoms with Gasteiger partial charge < -0.3 is 15.0 Å². The second-order valence-corrected chi connectivity index (χ2v) is 5.31. The topological polar surface area (TPSA) is 54.1 Å². The molecule has 0 unspecified atom stereocenters. The minimum Gasteiger partial charge on any atom is -0.497 e. The Balaban J connectivity index is 1.72. The van der Waals surface area contributed by atoms with Gasteiger partial charge in [0.15, 0.2) is 0 Å². The first-order chi connectivity index (χ1) is 10.7. The molecule has 3 rings (SSSR count). The fraction of sp³-hybridized carbons (Fsp3) is 0.167. The average molecular weight is 294 g/mol. The van der Waals surface area contributed by atoms with Crippen molar-refractivity contribution in [2.24, 2.45) is 0 Å². The van der Waals surface area contributed by atoms with Crippen molar-refractivity contribution in [3.8, 4) is 5.75 Å². The number of amides is 1. The van der Waals surface area contributed by atoms with E-state index < -0.39 is 0 Å². The van der Waals surface area contributed by atoms with Crippen LogP contribution in [0.25, 0.3) is 10.9 Å². The second-order valence-electron chi connectivity index (χ2n) is 5.31. The van der Waals surface area contributed by atoms with E-state index in [-0.39, 0.29) is 5.91 Å². The molecule has 2 aromatic carbocycles. The molecule has 3 aromatic rings. The van der Waals surface area contributed by atoms with Crippen LogP contribution in [-0.2, 0) is 6.54 Å². The van der Waals surface area contributed by atoms with Crippen LogP contribution >= 0.6 is 0 Å². The van der Waals surface area contributed by atoms with E-state index in [4.69, 9.17) is 4.74 Å². The molecule has 0 saturated carbocycles. The lowest BCUT2D eigenvalue weighted by Gasteiger charge is -2.06. The van der Waals surface area contributed by atoms with Crippen LogP contribution in [0.3, 0.4) is 0 Å². The van der Waals surface area contributed by atoms with Gasteiger partial charge in [-0.05, 0) is 42.8 Å². The van der Waals surface area contributed by atoms with Gasteiger partial charge in [0.2, 0.25) is 0 Å². The lowest BCUT2D eigenvalue weighted by Crippen LogP contribution is -2.23. The number of H-pyrrole nitrogens is 1. The van der Waals surface area contributed by atoms with Crippen molar-refractivity contribution in [3.05, 3.63) is 65.4 Å². The number of fused-ring (bicyclic) bond motifs is 1. The summed E-state index contributed by atoms with van der Waals surface area (Å²) in [4.78, 5) is 15.4. The molecule has 0 radical (unpaired) electrons. The number of hydrogen-bond donors (Lipinski definition) is 2. The number of carbonyl (C=O) groups is 1. The van der Waals surface area contributed by atoms with Gasteiger partial charge >= 0.3 is 0 Å². The molecule has 0 spiro atoms. The maximum atomic E-state index is 12.3. The predicted octanol–water partition coefficient (Wildman–Crippen LogP) is 3.41. The van der Waals surface area contributed by atoms with Gasteiger partial charge in [-0.3, -0.25) is 4.79 Å². The first kappa shape index (κ1) is 14.2. The zero-order chi connectivity index (χ0) is 15.5. The minimum atomic E-state index is -0.114. The highest BCUT2D eigenvalue weighted by Crippen LogP contribution is 2.17. The number of benzene rings is 2. The SMILES string of the molecule is COc1cccc(CNC(=O)c2cc3cc(C)ccc3[nH]2)c1. The third kappa shape index (κ3) is 2.96. The molecule has 0 aliphatic heterocycles. The molecule has 0 saturated heterocycles. The van der Waals surface area contributed by atoms with E-state index in [0.29, 0.717) is 12.2 Å². The van der Waals surface area contributed by atoms with Gasteiger partial charge in [0.05, 0.1) is 7.11 Å². The smallest absolute Gasteiger partial charge is 0.267 e. The first-order valence-corrected chi connectivity index (χ1v) is 7.16. The zero-order valence-electron chi connectivity index (χ0n) is 12.6. The molecule has 0 aliphatic rings. The molecule has 0 atom stereocenters. The van der Waals surface area contributed by atoms with Gasteiger partial charge in [0, 0.05) is 17.4 Å². The summed E-state index contributed by atoms with van der Waals surface area (Å²) in [6.07, 6.45) is 0. The van der Waals surface area contributed by atoms with E-state index >= 15 is 0 Å². The Morgan fingerprint density at radius 1 is 1.18 bits per heavy atom. The average Bonchev–Trinajstić information content (AvgIpc) is 2.96. The molecule has 4 heteroatoms. The predicted molar refractivity (Wildman–Crippen MR) is 87.2 cm³/mol. The van der Waals surface area contributed by atoms with Crippen LogP contribution in [0.15, 0.2) is 48.5 Å². The van der Waals surface area contributed by atoms with Crippen LogP contribution in [-0.4, -0.2) is 18.0 Å². The lowest BCUT2D eigenvalue weighted by atomic mass is 10.2. The molecule has 2 N–H and O–H groups in total. The Bertz CT molecular complexity index is 821. The van der Waals surface area contributed by atoms with E-state index in [2.05, 4.69) is 16.4 Å². The highest BCUT2D eigenvalue weighted by atomic mass is 16.5. The standard InChI is InChI=1S/C18H18N2O2/c1-12-6-7-16-14(8-12)10-17(20-16)18(21)19-11-13-4-3-5-15(9-13)22-2/h3-10,20H,11H2,1-2H3,(H,19,21). The number of carbonyl (C=O) groups excluding carboxylic acids is 1. The number of aryl methyl sites for hydroxylation is 1. The lowest BCUT2D eigenvalue weighted by molar-refractivity contribution is 0.0946. The third-order valence-electron chi connectivity index (χ3n) is 3.61. The van der Waals surface area contributed by atoms with Gasteiger partial charge in [-0.2, -0.15) is 0 Å². The highest BCUT2D eigenvalue weighted by molar-refractivity contribution is 5.98. The Morgan fingerprint density at radius 2 is 2.05 bits per heavy atom. The fourth-order valence-corrected chi connectivity index (χ4v) is 2.43. The van der Waals surface area contributed by atoms with Gasteiger partial charge in [-0.15, -0.1) is 0 Å². The largest absolute Gasteiger partial charge is 0.497 e. The van der Waals surface area contributed by atoms with E-state index in [1.165, 1.54) is 5.56 Å². The Kier molecular flexibility index (Phi) is 3.83. The number of rotatable bonds is 4. The van der Waals surface area contributed by atoms with Crippen LogP contribution in [0.5, 0.6) is 5.75 Å². The summed E-state index contributed by atoms with van der Waals surface area (Å²) in [5.41, 5.74) is 3.72. The van der Waals surface area contributed by atoms with Crippen molar-refractivity contribution < 1.29 is 9.53 Å². The number of hydrogen-bond acceptors (Lipinski definition) is 2. The number of methoxy groups -OCH3 is 1. The molecule has 22 heavy (non-hydrogen) atoms. The van der Waals surface area contributed by atoms with Crippen molar-refractivity contribution >= 4 is 16.8 Å². The van der Waals surface area contributed by atoms with Gasteiger partial charge in [-0.25, -0.2) is 0 Å². The Hall–Kier alpha value is -2.75. The second kappa shape index (κ2) is 5.93. The van der Waals surface area contributed by atoms with Gasteiger partial charge in [-0.1, -0.05) is 23.8 Å². The molecule has 0 aliphatic carbocycles. The van der Waals surface area contributed by atoms with Crippen LogP contribution in [0.1, 0.15) is 21.6 Å². The van der Waals surface area contributed by atoms with Crippen molar-refractivity contribution in [3.63, 3.8) is 0 Å². The molecule has 1 amide bonds. The number of nitrogens with one attached hydrogen (secondary N) is 2. The highest BCUT2D eigenvalue weighted by Gasteiger charge is 2.09. The van der Waals surface area contributed by atoms with E-state index in [0.717, 1.165) is 22.2 Å². The van der Waals surface area contributed by atoms with Crippen LogP contribution in [0.2, 0.25) is 0 Å². The fourth-order valence-electron chi connectivity index (χ4n) is 2.43. The Morgan fingerprint density at radius 3 is 2.86 bits per heavy atom. The minimum absolute atomic E-state index is 0.114. The monoisotopic (exact) mass is 294 g/mol. The molecule has 1 aromatic heterocycles. The number of aromatic amines is 1. The van der Waals surface area contributed by atoms with Crippen molar-refractivity contribution in [2.75, 3.05) is 7.11 Å². The molecule has 1 heterocycles. The van der Waals surface area contributed by atoms with Crippen LogP contribution in [0, 0.1) is 6.92 Å². The van der Waals surface area contributed by atoms with Crippen molar-refractivity contribution in [1.82, 2.24) is 10.3 Å².